The summed E-state index contributed by atoms with van der Waals surface area (Å²) < 4.78 is 5.67. The summed E-state index contributed by atoms with van der Waals surface area (Å²) in [6, 6.07) is 7.22. The van der Waals surface area contributed by atoms with Crippen LogP contribution < -0.4 is 0 Å². The second-order valence-electron chi connectivity index (χ2n) is 3.77. The predicted octanol–water partition coefficient (Wildman–Crippen LogP) is 3.32. The van der Waals surface area contributed by atoms with Crippen LogP contribution in [0.25, 0.3) is 5.76 Å². The summed E-state index contributed by atoms with van der Waals surface area (Å²) in [5, 5.41) is 9.22. The van der Waals surface area contributed by atoms with Crippen LogP contribution in [0.15, 0.2) is 29.8 Å². The monoisotopic (exact) mass is 204 g/mol. The summed E-state index contributed by atoms with van der Waals surface area (Å²) in [6.07, 6.45) is 3.57. The van der Waals surface area contributed by atoms with Crippen LogP contribution in [0.3, 0.4) is 0 Å². The lowest BCUT2D eigenvalue weighted by molar-refractivity contribution is 0.290. The highest BCUT2D eigenvalue weighted by Gasteiger charge is 2.16. The molecule has 0 spiro atoms. The second-order valence-corrected chi connectivity index (χ2v) is 3.77. The lowest BCUT2D eigenvalue weighted by Gasteiger charge is -2.22. The Balaban J connectivity index is 2.28. The number of hydrogen-bond donors (Lipinski definition) is 1. The molecule has 0 heterocycles. The third-order valence-electron chi connectivity index (χ3n) is 2.70. The average molecular weight is 204 g/mol. The molecule has 1 N–H and O–H groups in total. The van der Waals surface area contributed by atoms with Gasteiger partial charge in [-0.3, -0.25) is 0 Å². The number of ether oxygens (including phenoxy) is 1. The Morgan fingerprint density at radius 3 is 2.40 bits per heavy atom. The van der Waals surface area contributed by atoms with E-state index < -0.39 is 0 Å². The summed E-state index contributed by atoms with van der Waals surface area (Å²) in [6.45, 7) is 2.69. The molecule has 0 aromatic heterocycles. The van der Waals surface area contributed by atoms with E-state index in [2.05, 4.69) is 0 Å². The topological polar surface area (TPSA) is 29.5 Å². The SMILES string of the molecule is CCOC(=C1CCC1)c1ccc(O)cc1. The smallest absolute Gasteiger partial charge is 0.125 e. The highest BCUT2D eigenvalue weighted by atomic mass is 16.5. The number of phenolic OH excluding ortho intramolecular Hbond substituents is 1. The van der Waals surface area contributed by atoms with E-state index in [1.165, 1.54) is 12.0 Å². The highest BCUT2D eigenvalue weighted by molar-refractivity contribution is 5.64. The minimum atomic E-state index is 0.299. The van der Waals surface area contributed by atoms with Crippen molar-refractivity contribution in [2.75, 3.05) is 6.61 Å². The van der Waals surface area contributed by atoms with Crippen LogP contribution in [-0.4, -0.2) is 11.7 Å². The molecule has 1 saturated carbocycles. The van der Waals surface area contributed by atoms with Gasteiger partial charge in [-0.25, -0.2) is 0 Å². The number of benzene rings is 1. The van der Waals surface area contributed by atoms with Crippen molar-refractivity contribution in [3.8, 4) is 5.75 Å². The van der Waals surface area contributed by atoms with Crippen molar-refractivity contribution in [3.05, 3.63) is 35.4 Å². The van der Waals surface area contributed by atoms with E-state index in [0.717, 1.165) is 24.2 Å². The van der Waals surface area contributed by atoms with Crippen LogP contribution in [0, 0.1) is 0 Å². The van der Waals surface area contributed by atoms with Crippen LogP contribution in [0.2, 0.25) is 0 Å². The first-order valence-electron chi connectivity index (χ1n) is 5.45. The Kier molecular flexibility index (Phi) is 2.95. The van der Waals surface area contributed by atoms with Crippen molar-refractivity contribution in [1.29, 1.82) is 0 Å². The van der Waals surface area contributed by atoms with Gasteiger partial charge in [-0.1, -0.05) is 0 Å². The number of phenols is 1. The second kappa shape index (κ2) is 4.39. The molecule has 1 aliphatic carbocycles. The minimum Gasteiger partial charge on any atom is -0.508 e. The molecule has 0 radical (unpaired) electrons. The maximum absolute atomic E-state index is 9.22. The normalized spacial score (nSPS) is 14.6. The predicted molar refractivity (Wildman–Crippen MR) is 60.5 cm³/mol. The van der Waals surface area contributed by atoms with Crippen LogP contribution in [-0.2, 0) is 4.74 Å². The van der Waals surface area contributed by atoms with Gasteiger partial charge in [0.2, 0.25) is 0 Å². The minimum absolute atomic E-state index is 0.299. The molecule has 0 amide bonds. The van der Waals surface area contributed by atoms with Crippen LogP contribution in [0.5, 0.6) is 5.75 Å². The van der Waals surface area contributed by atoms with Crippen molar-refractivity contribution < 1.29 is 9.84 Å². The highest BCUT2D eigenvalue weighted by Crippen LogP contribution is 2.34. The van der Waals surface area contributed by atoms with E-state index in [1.54, 1.807) is 12.1 Å². The van der Waals surface area contributed by atoms with Gasteiger partial charge in [-0.05, 0) is 56.0 Å². The molecule has 0 bridgehead atoms. The fraction of sp³-hybridized carbons (Fsp3) is 0.385. The quantitative estimate of drug-likeness (QED) is 0.765. The van der Waals surface area contributed by atoms with Crippen molar-refractivity contribution >= 4 is 5.76 Å². The molecule has 0 aliphatic heterocycles. The van der Waals surface area contributed by atoms with Gasteiger partial charge in [0.05, 0.1) is 6.61 Å². The molecule has 1 aromatic rings. The Labute approximate surface area is 90.2 Å². The van der Waals surface area contributed by atoms with Gasteiger partial charge in [-0.15, -0.1) is 0 Å². The zero-order chi connectivity index (χ0) is 10.7. The first-order chi connectivity index (χ1) is 7.31. The summed E-state index contributed by atoms with van der Waals surface area (Å²) in [5.41, 5.74) is 2.48. The van der Waals surface area contributed by atoms with E-state index >= 15 is 0 Å². The molecule has 0 unspecified atom stereocenters. The summed E-state index contributed by atoms with van der Waals surface area (Å²) in [4.78, 5) is 0. The fourth-order valence-corrected chi connectivity index (χ4v) is 1.73. The third kappa shape index (κ3) is 2.14. The van der Waals surface area contributed by atoms with Gasteiger partial charge < -0.3 is 9.84 Å². The van der Waals surface area contributed by atoms with Crippen LogP contribution in [0.4, 0.5) is 0 Å². The maximum atomic E-state index is 9.22. The Morgan fingerprint density at radius 2 is 1.93 bits per heavy atom. The van der Waals surface area contributed by atoms with Crippen molar-refractivity contribution in [1.82, 2.24) is 0 Å². The van der Waals surface area contributed by atoms with Gasteiger partial charge in [-0.2, -0.15) is 0 Å². The maximum Gasteiger partial charge on any atom is 0.125 e. The molecule has 1 fully saturated rings. The Hall–Kier alpha value is -1.44. The summed E-state index contributed by atoms with van der Waals surface area (Å²) >= 11 is 0. The fourth-order valence-electron chi connectivity index (χ4n) is 1.73. The first-order valence-corrected chi connectivity index (χ1v) is 5.45. The number of rotatable bonds is 3. The summed E-state index contributed by atoms with van der Waals surface area (Å²) in [5.74, 6) is 1.32. The van der Waals surface area contributed by atoms with E-state index in [4.69, 9.17) is 4.74 Å². The van der Waals surface area contributed by atoms with E-state index in [0.29, 0.717) is 12.4 Å². The van der Waals surface area contributed by atoms with Crippen LogP contribution in [0.1, 0.15) is 31.7 Å². The molecule has 0 saturated heterocycles. The molecule has 2 nitrogen and oxygen atoms in total. The average Bonchev–Trinajstić information content (AvgIpc) is 2.16. The Bertz CT molecular complexity index is 357. The molecular formula is C13H16O2. The van der Waals surface area contributed by atoms with E-state index in [-0.39, 0.29) is 0 Å². The number of aromatic hydroxyl groups is 1. The van der Waals surface area contributed by atoms with Crippen molar-refractivity contribution in [2.45, 2.75) is 26.2 Å². The molecule has 15 heavy (non-hydrogen) atoms. The zero-order valence-electron chi connectivity index (χ0n) is 8.99. The third-order valence-corrected chi connectivity index (χ3v) is 2.70. The molecule has 0 atom stereocenters. The van der Waals surface area contributed by atoms with E-state index in [9.17, 15) is 5.11 Å². The largest absolute Gasteiger partial charge is 0.508 e. The number of allylic oxidation sites excluding steroid dienone is 1. The summed E-state index contributed by atoms with van der Waals surface area (Å²) in [7, 11) is 0. The zero-order valence-corrected chi connectivity index (χ0v) is 8.99. The molecule has 2 rings (SSSR count). The lowest BCUT2D eigenvalue weighted by atomic mass is 9.89. The molecule has 80 valence electrons. The van der Waals surface area contributed by atoms with Crippen LogP contribution >= 0.6 is 0 Å². The van der Waals surface area contributed by atoms with Gasteiger partial charge in [0.15, 0.2) is 0 Å². The number of hydrogen-bond acceptors (Lipinski definition) is 2. The van der Waals surface area contributed by atoms with E-state index in [1.807, 2.05) is 19.1 Å². The van der Waals surface area contributed by atoms with Gasteiger partial charge in [0.1, 0.15) is 11.5 Å². The van der Waals surface area contributed by atoms with Gasteiger partial charge in [0, 0.05) is 5.56 Å². The van der Waals surface area contributed by atoms with Crippen molar-refractivity contribution in [3.63, 3.8) is 0 Å². The lowest BCUT2D eigenvalue weighted by Crippen LogP contribution is -2.04. The Morgan fingerprint density at radius 1 is 1.27 bits per heavy atom. The first kappa shape index (κ1) is 10.1. The van der Waals surface area contributed by atoms with Crippen molar-refractivity contribution in [2.24, 2.45) is 0 Å². The van der Waals surface area contributed by atoms with Gasteiger partial charge in [0.25, 0.3) is 0 Å². The standard InChI is InChI=1S/C13H16O2/c1-2-15-13(10-4-3-5-10)11-6-8-12(14)9-7-11/h6-9,14H,2-5H2,1H3. The molecular weight excluding hydrogens is 188 g/mol. The molecule has 2 heteroatoms. The molecule has 1 aromatic carbocycles. The molecule has 1 aliphatic rings. The van der Waals surface area contributed by atoms with Gasteiger partial charge >= 0.3 is 0 Å².